The zero-order valence-corrected chi connectivity index (χ0v) is 11.9. The van der Waals surface area contributed by atoms with Gasteiger partial charge in [-0.2, -0.15) is 0 Å². The molecular weight excluding hydrogens is 262 g/mol. The molecule has 0 fully saturated rings. The molecule has 4 nitrogen and oxygen atoms in total. The number of amides is 1. The molecule has 3 N–H and O–H groups in total. The number of rotatable bonds is 3. The number of hydrogen-bond donors (Lipinski definition) is 2. The van der Waals surface area contributed by atoms with Gasteiger partial charge < -0.3 is 11.1 Å². The first-order chi connectivity index (χ1) is 10.2. The van der Waals surface area contributed by atoms with Gasteiger partial charge in [0.2, 0.25) is 5.91 Å². The van der Waals surface area contributed by atoms with Gasteiger partial charge in [-0.15, -0.1) is 0 Å². The number of aryl methyl sites for hydroxylation is 1. The molecule has 0 spiro atoms. The first kappa shape index (κ1) is 13.4. The van der Waals surface area contributed by atoms with E-state index in [1.807, 2.05) is 42.5 Å². The molecule has 0 aliphatic rings. The predicted molar refractivity (Wildman–Crippen MR) is 86.0 cm³/mol. The largest absolute Gasteiger partial charge is 0.398 e. The summed E-state index contributed by atoms with van der Waals surface area (Å²) in [6.45, 7) is 0. The molecule has 3 aromatic rings. The van der Waals surface area contributed by atoms with E-state index in [1.165, 1.54) is 0 Å². The molecule has 1 amide bonds. The van der Waals surface area contributed by atoms with Crippen molar-refractivity contribution < 1.29 is 4.79 Å². The number of hydrogen-bond acceptors (Lipinski definition) is 3. The first-order valence-electron chi connectivity index (χ1n) is 6.96. The van der Waals surface area contributed by atoms with Crippen molar-refractivity contribution >= 4 is 33.4 Å². The third-order valence-corrected chi connectivity index (χ3v) is 3.71. The normalized spacial score (nSPS) is 10.9. The van der Waals surface area contributed by atoms with Gasteiger partial charge in [0.05, 0.1) is 16.7 Å². The van der Waals surface area contributed by atoms with Crippen molar-refractivity contribution in [1.82, 2.24) is 10.3 Å². The summed E-state index contributed by atoms with van der Waals surface area (Å²) in [7, 11) is 1.65. The lowest BCUT2D eigenvalue weighted by Crippen LogP contribution is -2.17. The van der Waals surface area contributed by atoms with E-state index >= 15 is 0 Å². The van der Waals surface area contributed by atoms with Crippen molar-refractivity contribution in [2.75, 3.05) is 12.8 Å². The highest BCUT2D eigenvalue weighted by atomic mass is 16.1. The number of carbonyl (C=O) groups excluding carboxylic acids is 1. The van der Waals surface area contributed by atoms with Crippen LogP contribution in [0.3, 0.4) is 0 Å². The lowest BCUT2D eigenvalue weighted by molar-refractivity contribution is -0.120. The fourth-order valence-corrected chi connectivity index (χ4v) is 2.51. The molecular formula is C17H17N3O. The molecule has 0 saturated carbocycles. The van der Waals surface area contributed by atoms with E-state index in [4.69, 9.17) is 5.73 Å². The Labute approximate surface area is 123 Å². The van der Waals surface area contributed by atoms with E-state index in [0.717, 1.165) is 33.1 Å². The Hall–Kier alpha value is -2.62. The van der Waals surface area contributed by atoms with E-state index < -0.39 is 0 Å². The fraction of sp³-hybridized carbons (Fsp3) is 0.176. The van der Waals surface area contributed by atoms with Crippen LogP contribution in [0.5, 0.6) is 0 Å². The number of aromatic nitrogens is 1. The molecule has 2 aromatic carbocycles. The lowest BCUT2D eigenvalue weighted by Gasteiger charge is -2.08. The highest BCUT2D eigenvalue weighted by Crippen LogP contribution is 2.28. The molecule has 21 heavy (non-hydrogen) atoms. The van der Waals surface area contributed by atoms with Gasteiger partial charge in [0.1, 0.15) is 0 Å². The van der Waals surface area contributed by atoms with Crippen LogP contribution in [0.1, 0.15) is 12.0 Å². The zero-order chi connectivity index (χ0) is 14.8. The second-order valence-corrected chi connectivity index (χ2v) is 5.07. The van der Waals surface area contributed by atoms with Crippen LogP contribution in [0, 0.1) is 0 Å². The van der Waals surface area contributed by atoms with Crippen LogP contribution in [0.2, 0.25) is 0 Å². The summed E-state index contributed by atoms with van der Waals surface area (Å²) >= 11 is 0. The van der Waals surface area contributed by atoms with Crippen LogP contribution in [0.4, 0.5) is 5.69 Å². The van der Waals surface area contributed by atoms with Gasteiger partial charge in [0, 0.05) is 24.2 Å². The Kier molecular flexibility index (Phi) is 3.44. The third-order valence-electron chi connectivity index (χ3n) is 3.71. The first-order valence-corrected chi connectivity index (χ1v) is 6.96. The average Bonchev–Trinajstić information content (AvgIpc) is 2.53. The van der Waals surface area contributed by atoms with Crippen molar-refractivity contribution in [3.63, 3.8) is 0 Å². The molecule has 0 aliphatic carbocycles. The van der Waals surface area contributed by atoms with Crippen LogP contribution in [-0.2, 0) is 11.2 Å². The smallest absolute Gasteiger partial charge is 0.220 e. The Bertz CT molecular complexity index is 827. The Morgan fingerprint density at radius 3 is 2.71 bits per heavy atom. The number of carbonyl (C=O) groups is 1. The van der Waals surface area contributed by atoms with Crippen molar-refractivity contribution in [1.29, 1.82) is 0 Å². The molecule has 0 atom stereocenters. The zero-order valence-electron chi connectivity index (χ0n) is 11.9. The maximum atomic E-state index is 11.3. The van der Waals surface area contributed by atoms with Crippen molar-refractivity contribution in [3.05, 3.63) is 48.0 Å². The van der Waals surface area contributed by atoms with Crippen molar-refractivity contribution in [2.24, 2.45) is 0 Å². The maximum Gasteiger partial charge on any atom is 0.220 e. The SMILES string of the molecule is CNC(=O)CCc1ccc2nc3ccccc3c(N)c2c1. The standard InChI is InChI=1S/C17H17N3O/c1-19-16(21)9-7-11-6-8-15-13(10-11)17(18)12-4-2-3-5-14(12)20-15/h2-6,8,10H,7,9H2,1H3,(H2,18,20)(H,19,21). The molecule has 0 bridgehead atoms. The third kappa shape index (κ3) is 2.52. The number of nitrogen functional groups attached to an aromatic ring is 1. The Balaban J connectivity index is 2.06. The van der Waals surface area contributed by atoms with Crippen LogP contribution in [0.25, 0.3) is 21.8 Å². The predicted octanol–water partition coefficient (Wildman–Crippen LogP) is 2.65. The van der Waals surface area contributed by atoms with Crippen LogP contribution in [-0.4, -0.2) is 17.9 Å². The van der Waals surface area contributed by atoms with Crippen molar-refractivity contribution in [3.8, 4) is 0 Å². The minimum absolute atomic E-state index is 0.0414. The number of para-hydroxylation sites is 1. The van der Waals surface area contributed by atoms with Crippen LogP contribution >= 0.6 is 0 Å². The van der Waals surface area contributed by atoms with E-state index in [2.05, 4.69) is 10.3 Å². The Morgan fingerprint density at radius 2 is 1.90 bits per heavy atom. The maximum absolute atomic E-state index is 11.3. The van der Waals surface area contributed by atoms with Gasteiger partial charge in [0.15, 0.2) is 0 Å². The lowest BCUT2D eigenvalue weighted by atomic mass is 10.0. The monoisotopic (exact) mass is 279 g/mol. The van der Waals surface area contributed by atoms with Gasteiger partial charge in [-0.1, -0.05) is 24.3 Å². The summed E-state index contributed by atoms with van der Waals surface area (Å²) in [6, 6.07) is 13.9. The van der Waals surface area contributed by atoms with Crippen LogP contribution < -0.4 is 11.1 Å². The molecule has 1 aromatic heterocycles. The number of anilines is 1. The topological polar surface area (TPSA) is 68.0 Å². The second kappa shape index (κ2) is 5.40. The van der Waals surface area contributed by atoms with Gasteiger partial charge in [-0.05, 0) is 30.2 Å². The fourth-order valence-electron chi connectivity index (χ4n) is 2.51. The number of nitrogens with zero attached hydrogens (tertiary/aromatic N) is 1. The summed E-state index contributed by atoms with van der Waals surface area (Å²) < 4.78 is 0. The number of nitrogens with one attached hydrogen (secondary N) is 1. The Morgan fingerprint density at radius 1 is 1.14 bits per heavy atom. The van der Waals surface area contributed by atoms with Crippen molar-refractivity contribution in [2.45, 2.75) is 12.8 Å². The van der Waals surface area contributed by atoms with Gasteiger partial charge >= 0.3 is 0 Å². The van der Waals surface area contributed by atoms with E-state index in [1.54, 1.807) is 7.05 Å². The summed E-state index contributed by atoms with van der Waals surface area (Å²) in [5.41, 5.74) is 9.91. The molecule has 1 heterocycles. The summed E-state index contributed by atoms with van der Waals surface area (Å²) in [5.74, 6) is 0.0414. The molecule has 0 aliphatic heterocycles. The summed E-state index contributed by atoms with van der Waals surface area (Å²) in [4.78, 5) is 16.0. The summed E-state index contributed by atoms with van der Waals surface area (Å²) in [5, 5.41) is 4.55. The molecule has 0 unspecified atom stereocenters. The minimum atomic E-state index is 0.0414. The molecule has 4 heteroatoms. The molecule has 3 rings (SSSR count). The number of pyridine rings is 1. The highest BCUT2D eigenvalue weighted by Gasteiger charge is 2.07. The van der Waals surface area contributed by atoms with E-state index in [-0.39, 0.29) is 5.91 Å². The molecule has 0 saturated heterocycles. The second-order valence-electron chi connectivity index (χ2n) is 5.07. The number of nitrogens with two attached hydrogens (primary N) is 1. The minimum Gasteiger partial charge on any atom is -0.398 e. The number of fused-ring (bicyclic) bond motifs is 2. The van der Waals surface area contributed by atoms with Gasteiger partial charge in [-0.25, -0.2) is 4.98 Å². The summed E-state index contributed by atoms with van der Waals surface area (Å²) in [6.07, 6.45) is 1.17. The van der Waals surface area contributed by atoms with Gasteiger partial charge in [0.25, 0.3) is 0 Å². The highest BCUT2D eigenvalue weighted by molar-refractivity contribution is 6.06. The molecule has 106 valence electrons. The number of benzene rings is 2. The molecule has 0 radical (unpaired) electrons. The van der Waals surface area contributed by atoms with E-state index in [9.17, 15) is 4.79 Å². The van der Waals surface area contributed by atoms with Gasteiger partial charge in [-0.3, -0.25) is 4.79 Å². The van der Waals surface area contributed by atoms with E-state index in [0.29, 0.717) is 12.8 Å². The average molecular weight is 279 g/mol. The van der Waals surface area contributed by atoms with Crippen LogP contribution in [0.15, 0.2) is 42.5 Å². The quantitative estimate of drug-likeness (QED) is 0.724.